The average Bonchev–Trinajstić information content (AvgIpc) is 2.92. The molecule has 0 fully saturated rings. The zero-order valence-electron chi connectivity index (χ0n) is 22.0. The highest BCUT2D eigenvalue weighted by atomic mass is 16.5. The van der Waals surface area contributed by atoms with Gasteiger partial charge in [-0.05, 0) is 56.5 Å². The summed E-state index contributed by atoms with van der Waals surface area (Å²) < 4.78 is 11.0. The van der Waals surface area contributed by atoms with Gasteiger partial charge in [-0.15, -0.1) is 0 Å². The molecule has 1 N–H and O–H groups in total. The number of aromatic nitrogens is 1. The van der Waals surface area contributed by atoms with E-state index in [0.717, 1.165) is 57.6 Å². The van der Waals surface area contributed by atoms with E-state index >= 15 is 0 Å². The highest BCUT2D eigenvalue weighted by Crippen LogP contribution is 2.29. The van der Waals surface area contributed by atoms with Crippen molar-refractivity contribution in [1.82, 2.24) is 9.88 Å². The summed E-state index contributed by atoms with van der Waals surface area (Å²) in [4.78, 5) is 20.1. The Hall–Kier alpha value is -4.06. The molecule has 1 atom stereocenters. The van der Waals surface area contributed by atoms with Gasteiger partial charge in [0.1, 0.15) is 11.5 Å². The number of para-hydroxylation sites is 1. The number of hydrogen-bond donors (Lipinski definition) is 1. The lowest BCUT2D eigenvalue weighted by molar-refractivity contribution is 0.0737. The maximum absolute atomic E-state index is 13.6. The number of carbonyl (C=O) groups excluding carboxylic acids is 1. The number of pyridine rings is 1. The Labute approximate surface area is 219 Å². The summed E-state index contributed by atoms with van der Waals surface area (Å²) in [5, 5.41) is 4.64. The Balaban J connectivity index is 1.47. The van der Waals surface area contributed by atoms with Gasteiger partial charge < -0.3 is 19.7 Å². The van der Waals surface area contributed by atoms with Crippen molar-refractivity contribution in [2.75, 3.05) is 26.1 Å². The first-order chi connectivity index (χ1) is 18.0. The molecule has 4 rings (SSSR count). The van der Waals surface area contributed by atoms with E-state index in [1.54, 1.807) is 20.4 Å². The van der Waals surface area contributed by atoms with Crippen LogP contribution < -0.4 is 14.8 Å². The second-order valence-corrected chi connectivity index (χ2v) is 9.29. The molecular formula is C31H35N3O3. The molecule has 4 aromatic rings. The first-order valence-corrected chi connectivity index (χ1v) is 12.7. The normalized spacial score (nSPS) is 11.7. The molecule has 0 aliphatic heterocycles. The molecule has 0 bridgehead atoms. The number of anilines is 1. The zero-order chi connectivity index (χ0) is 26.2. The lowest BCUT2D eigenvalue weighted by Gasteiger charge is -2.25. The van der Waals surface area contributed by atoms with Crippen molar-refractivity contribution in [2.24, 2.45) is 0 Å². The predicted molar refractivity (Wildman–Crippen MR) is 150 cm³/mol. The van der Waals surface area contributed by atoms with Crippen molar-refractivity contribution < 1.29 is 14.3 Å². The van der Waals surface area contributed by atoms with Crippen LogP contribution in [0.25, 0.3) is 10.9 Å². The number of methoxy groups -OCH3 is 2. The summed E-state index contributed by atoms with van der Waals surface area (Å²) in [7, 11) is 3.34. The van der Waals surface area contributed by atoms with E-state index in [0.29, 0.717) is 13.1 Å². The maximum Gasteiger partial charge on any atom is 0.254 e. The van der Waals surface area contributed by atoms with Crippen LogP contribution in [-0.4, -0.2) is 42.6 Å². The number of benzene rings is 3. The van der Waals surface area contributed by atoms with Gasteiger partial charge in [-0.1, -0.05) is 42.5 Å². The number of nitrogens with one attached hydrogen (secondary N) is 1. The van der Waals surface area contributed by atoms with Crippen molar-refractivity contribution in [1.29, 1.82) is 0 Å². The lowest BCUT2D eigenvalue weighted by atomic mass is 10.1. The number of hydrogen-bond acceptors (Lipinski definition) is 5. The fraction of sp³-hybridized carbons (Fsp3) is 0.290. The van der Waals surface area contributed by atoms with Crippen molar-refractivity contribution in [3.8, 4) is 11.5 Å². The van der Waals surface area contributed by atoms with E-state index in [2.05, 4.69) is 17.2 Å². The lowest BCUT2D eigenvalue weighted by Crippen LogP contribution is -2.33. The molecule has 1 amide bonds. The van der Waals surface area contributed by atoms with Gasteiger partial charge in [0, 0.05) is 47.9 Å². The smallest absolute Gasteiger partial charge is 0.254 e. The van der Waals surface area contributed by atoms with Crippen LogP contribution in [0.15, 0.2) is 79.0 Å². The number of amides is 1. The van der Waals surface area contributed by atoms with Gasteiger partial charge in [0.05, 0.1) is 25.4 Å². The first kappa shape index (κ1) is 26.0. The number of carbonyl (C=O) groups is 1. The van der Waals surface area contributed by atoms with Gasteiger partial charge in [-0.2, -0.15) is 0 Å². The molecule has 0 spiro atoms. The Morgan fingerprint density at radius 3 is 2.57 bits per heavy atom. The van der Waals surface area contributed by atoms with E-state index in [9.17, 15) is 4.79 Å². The highest BCUT2D eigenvalue weighted by Gasteiger charge is 2.19. The number of rotatable bonds is 11. The standard InChI is InChI=1S/C31H35N3O3/c1-22-11-5-7-15-27(22)31(35)34(21-25-13-6-8-16-29(25)37-4)18-10-12-23(2)33-28-20-26(36-3)19-24-14-9-17-32-30(24)28/h5-9,11,13-17,19-20,23,33H,10,12,18,21H2,1-4H3. The summed E-state index contributed by atoms with van der Waals surface area (Å²) in [5.74, 6) is 1.62. The minimum absolute atomic E-state index is 0.0348. The Bertz CT molecular complexity index is 1350. The quantitative estimate of drug-likeness (QED) is 0.257. The van der Waals surface area contributed by atoms with Gasteiger partial charge in [0.15, 0.2) is 0 Å². The zero-order valence-corrected chi connectivity index (χ0v) is 22.0. The molecule has 192 valence electrons. The minimum atomic E-state index is 0.0348. The van der Waals surface area contributed by atoms with Gasteiger partial charge in [-0.25, -0.2) is 0 Å². The molecular weight excluding hydrogens is 462 g/mol. The van der Waals surface area contributed by atoms with E-state index < -0.39 is 0 Å². The summed E-state index contributed by atoms with van der Waals surface area (Å²) in [5.41, 5.74) is 4.57. The number of fused-ring (bicyclic) bond motifs is 1. The molecule has 37 heavy (non-hydrogen) atoms. The van der Waals surface area contributed by atoms with Crippen LogP contribution in [0, 0.1) is 6.92 Å². The first-order valence-electron chi connectivity index (χ1n) is 12.7. The van der Waals surface area contributed by atoms with Gasteiger partial charge >= 0.3 is 0 Å². The van der Waals surface area contributed by atoms with Crippen molar-refractivity contribution in [3.05, 3.63) is 95.7 Å². The Morgan fingerprint density at radius 1 is 1.00 bits per heavy atom. The van der Waals surface area contributed by atoms with Crippen LogP contribution in [0.1, 0.15) is 41.3 Å². The summed E-state index contributed by atoms with van der Waals surface area (Å²) in [6.07, 6.45) is 3.53. The third kappa shape index (κ3) is 6.39. The van der Waals surface area contributed by atoms with E-state index in [4.69, 9.17) is 9.47 Å². The Kier molecular flexibility index (Phi) is 8.62. The third-order valence-corrected chi connectivity index (χ3v) is 6.60. The molecule has 0 saturated heterocycles. The SMILES string of the molecule is COc1cc(NC(C)CCCN(Cc2ccccc2OC)C(=O)c2ccccc2C)c2ncccc2c1. The van der Waals surface area contributed by atoms with E-state index in [1.165, 1.54) is 0 Å². The fourth-order valence-corrected chi connectivity index (χ4v) is 4.59. The number of aryl methyl sites for hydroxylation is 1. The molecule has 0 aliphatic rings. The largest absolute Gasteiger partial charge is 0.497 e. The molecule has 0 aliphatic carbocycles. The van der Waals surface area contributed by atoms with Gasteiger partial charge in [0.25, 0.3) is 5.91 Å². The molecule has 0 saturated carbocycles. The van der Waals surface area contributed by atoms with Crippen molar-refractivity contribution in [2.45, 2.75) is 39.3 Å². The van der Waals surface area contributed by atoms with Crippen LogP contribution in [0.5, 0.6) is 11.5 Å². The predicted octanol–water partition coefficient (Wildman–Crippen LogP) is 6.48. The monoisotopic (exact) mass is 497 g/mol. The molecule has 3 aromatic carbocycles. The van der Waals surface area contributed by atoms with Crippen molar-refractivity contribution in [3.63, 3.8) is 0 Å². The minimum Gasteiger partial charge on any atom is -0.497 e. The van der Waals surface area contributed by atoms with E-state index in [-0.39, 0.29) is 11.9 Å². The second kappa shape index (κ2) is 12.3. The summed E-state index contributed by atoms with van der Waals surface area (Å²) in [6, 6.07) is 23.8. The average molecular weight is 498 g/mol. The van der Waals surface area contributed by atoms with E-state index in [1.807, 2.05) is 84.6 Å². The molecule has 6 heteroatoms. The molecule has 0 radical (unpaired) electrons. The fourth-order valence-electron chi connectivity index (χ4n) is 4.59. The molecule has 1 heterocycles. The summed E-state index contributed by atoms with van der Waals surface area (Å²) in [6.45, 7) is 5.26. The molecule has 1 unspecified atom stereocenters. The van der Waals surface area contributed by atoms with Crippen LogP contribution >= 0.6 is 0 Å². The second-order valence-electron chi connectivity index (χ2n) is 9.29. The molecule has 6 nitrogen and oxygen atoms in total. The highest BCUT2D eigenvalue weighted by molar-refractivity contribution is 5.95. The molecule has 1 aromatic heterocycles. The third-order valence-electron chi connectivity index (χ3n) is 6.60. The van der Waals surface area contributed by atoms with Gasteiger partial charge in [-0.3, -0.25) is 9.78 Å². The Morgan fingerprint density at radius 2 is 1.78 bits per heavy atom. The topological polar surface area (TPSA) is 63.7 Å². The van der Waals surface area contributed by atoms with Crippen LogP contribution in [0.2, 0.25) is 0 Å². The van der Waals surface area contributed by atoms with Gasteiger partial charge in [0.2, 0.25) is 0 Å². The summed E-state index contributed by atoms with van der Waals surface area (Å²) >= 11 is 0. The van der Waals surface area contributed by atoms with Crippen LogP contribution in [0.4, 0.5) is 5.69 Å². The van der Waals surface area contributed by atoms with Crippen LogP contribution in [0.3, 0.4) is 0 Å². The maximum atomic E-state index is 13.6. The number of ether oxygens (including phenoxy) is 2. The van der Waals surface area contributed by atoms with Crippen LogP contribution in [-0.2, 0) is 6.54 Å². The number of nitrogens with zero attached hydrogens (tertiary/aromatic N) is 2. The van der Waals surface area contributed by atoms with Crippen molar-refractivity contribution >= 4 is 22.5 Å².